The molecular weight excluding hydrogens is 236 g/mol. The highest BCUT2D eigenvalue weighted by Gasteiger charge is 2.41. The Labute approximate surface area is 107 Å². The first-order valence-corrected chi connectivity index (χ1v) is 6.11. The number of nitrogens with two attached hydrogens (primary N) is 1. The Morgan fingerprint density at radius 1 is 1.39 bits per heavy atom. The molecule has 1 aliphatic rings. The van der Waals surface area contributed by atoms with Crippen molar-refractivity contribution in [2.24, 2.45) is 11.7 Å². The molecule has 3 unspecified atom stereocenters. The fourth-order valence-electron chi connectivity index (χ4n) is 2.19. The normalized spacial score (nSPS) is 28.9. The van der Waals surface area contributed by atoms with E-state index in [9.17, 15) is 9.59 Å². The van der Waals surface area contributed by atoms with Gasteiger partial charge in [-0.05, 0) is 34.1 Å². The molecular formula is C12H22N2O4. The molecule has 6 nitrogen and oxygen atoms in total. The zero-order valence-corrected chi connectivity index (χ0v) is 11.3. The van der Waals surface area contributed by atoms with Crippen molar-refractivity contribution in [2.75, 3.05) is 6.54 Å². The average molecular weight is 258 g/mol. The summed E-state index contributed by atoms with van der Waals surface area (Å²) in [5.41, 5.74) is 5.21. The van der Waals surface area contributed by atoms with Gasteiger partial charge in [0.1, 0.15) is 5.60 Å². The number of piperidine rings is 1. The van der Waals surface area contributed by atoms with E-state index in [4.69, 9.17) is 15.6 Å². The number of amides is 1. The van der Waals surface area contributed by atoms with Crippen LogP contribution in [0.25, 0.3) is 0 Å². The minimum atomic E-state index is -0.969. The van der Waals surface area contributed by atoms with Crippen LogP contribution >= 0.6 is 0 Å². The molecule has 1 aliphatic heterocycles. The molecule has 0 spiro atoms. The van der Waals surface area contributed by atoms with E-state index in [0.717, 1.165) is 0 Å². The van der Waals surface area contributed by atoms with Gasteiger partial charge in [0, 0.05) is 18.6 Å². The van der Waals surface area contributed by atoms with Crippen LogP contribution in [0.3, 0.4) is 0 Å². The lowest BCUT2D eigenvalue weighted by Crippen LogP contribution is -2.57. The van der Waals surface area contributed by atoms with Crippen molar-refractivity contribution in [1.82, 2.24) is 4.90 Å². The highest BCUT2D eigenvalue weighted by atomic mass is 16.6. The van der Waals surface area contributed by atoms with Gasteiger partial charge in [-0.2, -0.15) is 0 Å². The molecule has 1 heterocycles. The van der Waals surface area contributed by atoms with Gasteiger partial charge < -0.3 is 20.5 Å². The molecule has 0 saturated carbocycles. The zero-order chi connectivity index (χ0) is 14.1. The van der Waals surface area contributed by atoms with Crippen LogP contribution in [-0.4, -0.2) is 46.3 Å². The molecule has 1 rings (SSSR count). The van der Waals surface area contributed by atoms with E-state index in [0.29, 0.717) is 13.0 Å². The Balaban J connectivity index is 2.79. The van der Waals surface area contributed by atoms with E-state index in [1.54, 1.807) is 27.7 Å². The number of nitrogens with zero attached hydrogens (tertiary/aromatic N) is 1. The lowest BCUT2D eigenvalue weighted by molar-refractivity contribution is -0.146. The van der Waals surface area contributed by atoms with Crippen LogP contribution in [0.15, 0.2) is 0 Å². The molecule has 3 atom stereocenters. The number of likely N-dealkylation sites (tertiary alicyclic amines) is 1. The lowest BCUT2D eigenvalue weighted by atomic mass is 9.86. The van der Waals surface area contributed by atoms with Crippen molar-refractivity contribution >= 4 is 12.1 Å². The maximum Gasteiger partial charge on any atom is 0.410 e. The first-order valence-electron chi connectivity index (χ1n) is 6.11. The number of hydrogen-bond acceptors (Lipinski definition) is 4. The maximum absolute atomic E-state index is 12.0. The number of carboxylic acids is 1. The van der Waals surface area contributed by atoms with Crippen LogP contribution in [0, 0.1) is 5.92 Å². The first kappa shape index (κ1) is 14.8. The summed E-state index contributed by atoms with van der Waals surface area (Å²) in [7, 11) is 0. The number of ether oxygens (including phenoxy) is 1. The van der Waals surface area contributed by atoms with Gasteiger partial charge in [-0.25, -0.2) is 4.79 Å². The minimum Gasteiger partial charge on any atom is -0.481 e. The van der Waals surface area contributed by atoms with Crippen molar-refractivity contribution < 1.29 is 19.4 Å². The average Bonchev–Trinajstić information content (AvgIpc) is 2.13. The molecule has 0 aliphatic carbocycles. The van der Waals surface area contributed by atoms with Gasteiger partial charge in [-0.1, -0.05) is 0 Å². The first-order chi connectivity index (χ1) is 8.13. The minimum absolute atomic E-state index is 0.420. The van der Waals surface area contributed by atoms with E-state index in [2.05, 4.69) is 0 Å². The predicted molar refractivity (Wildman–Crippen MR) is 66.1 cm³/mol. The van der Waals surface area contributed by atoms with E-state index in [1.807, 2.05) is 0 Å². The molecule has 0 radical (unpaired) electrons. The van der Waals surface area contributed by atoms with Crippen LogP contribution < -0.4 is 5.73 Å². The maximum atomic E-state index is 12.0. The Hall–Kier alpha value is -1.30. The second kappa shape index (κ2) is 5.14. The predicted octanol–water partition coefficient (Wildman–Crippen LogP) is 1.04. The Morgan fingerprint density at radius 3 is 2.39 bits per heavy atom. The van der Waals surface area contributed by atoms with E-state index >= 15 is 0 Å². The van der Waals surface area contributed by atoms with Gasteiger partial charge in [0.05, 0.1) is 5.92 Å². The monoisotopic (exact) mass is 258 g/mol. The molecule has 0 aromatic heterocycles. The summed E-state index contributed by atoms with van der Waals surface area (Å²) in [5.74, 6) is -1.71. The summed E-state index contributed by atoms with van der Waals surface area (Å²) in [6.45, 7) is 7.46. The van der Waals surface area contributed by atoms with Crippen molar-refractivity contribution in [1.29, 1.82) is 0 Å². The van der Waals surface area contributed by atoms with Crippen molar-refractivity contribution in [3.63, 3.8) is 0 Å². The molecule has 0 bridgehead atoms. The molecule has 1 saturated heterocycles. The molecule has 0 aromatic rings. The number of rotatable bonds is 1. The molecule has 18 heavy (non-hydrogen) atoms. The highest BCUT2D eigenvalue weighted by Crippen LogP contribution is 2.25. The Morgan fingerprint density at radius 2 is 1.94 bits per heavy atom. The molecule has 6 heteroatoms. The fraction of sp³-hybridized carbons (Fsp3) is 0.833. The number of carboxylic acid groups (broad SMARTS) is 1. The third-order valence-electron chi connectivity index (χ3n) is 3.09. The van der Waals surface area contributed by atoms with Crippen LogP contribution in [0.2, 0.25) is 0 Å². The van der Waals surface area contributed by atoms with Crippen molar-refractivity contribution in [2.45, 2.75) is 51.8 Å². The second-order valence-electron chi connectivity index (χ2n) is 5.73. The highest BCUT2D eigenvalue weighted by molar-refractivity contribution is 5.75. The largest absolute Gasteiger partial charge is 0.481 e. The van der Waals surface area contributed by atoms with Crippen LogP contribution in [-0.2, 0) is 9.53 Å². The molecule has 3 N–H and O–H groups in total. The summed E-state index contributed by atoms with van der Waals surface area (Å²) in [5, 5.41) is 9.15. The SMILES string of the molecule is CC1C(C(=O)O)C(N)CCN1C(=O)OC(C)(C)C. The number of aliphatic carboxylic acids is 1. The molecule has 0 aromatic carbocycles. The molecule has 104 valence electrons. The van der Waals surface area contributed by atoms with Gasteiger partial charge in [0.15, 0.2) is 0 Å². The third kappa shape index (κ3) is 3.35. The smallest absolute Gasteiger partial charge is 0.410 e. The van der Waals surface area contributed by atoms with Gasteiger partial charge in [0.2, 0.25) is 0 Å². The molecule has 1 fully saturated rings. The van der Waals surface area contributed by atoms with Crippen LogP contribution in [0.5, 0.6) is 0 Å². The quantitative estimate of drug-likeness (QED) is 0.733. The molecule has 1 amide bonds. The van der Waals surface area contributed by atoms with Gasteiger partial charge >= 0.3 is 12.1 Å². The second-order valence-corrected chi connectivity index (χ2v) is 5.73. The van der Waals surface area contributed by atoms with E-state index < -0.39 is 35.7 Å². The lowest BCUT2D eigenvalue weighted by Gasteiger charge is -2.41. The van der Waals surface area contributed by atoms with E-state index in [-0.39, 0.29) is 0 Å². The number of carbonyl (C=O) groups excluding carboxylic acids is 1. The fourth-order valence-corrected chi connectivity index (χ4v) is 2.19. The standard InChI is InChI=1S/C12H22N2O4/c1-7-9(10(15)16)8(13)5-6-14(7)11(17)18-12(2,3)4/h7-9H,5-6,13H2,1-4H3,(H,15,16). The number of hydrogen-bond donors (Lipinski definition) is 2. The summed E-state index contributed by atoms with van der Waals surface area (Å²) in [6.07, 6.45) is -0.00580. The summed E-state index contributed by atoms with van der Waals surface area (Å²) < 4.78 is 5.26. The van der Waals surface area contributed by atoms with Gasteiger partial charge in [-0.3, -0.25) is 4.79 Å². The zero-order valence-electron chi connectivity index (χ0n) is 11.3. The van der Waals surface area contributed by atoms with Gasteiger partial charge in [0.25, 0.3) is 0 Å². The third-order valence-corrected chi connectivity index (χ3v) is 3.09. The van der Waals surface area contributed by atoms with Crippen molar-refractivity contribution in [3.05, 3.63) is 0 Å². The number of carbonyl (C=O) groups is 2. The Bertz CT molecular complexity index is 337. The topological polar surface area (TPSA) is 92.9 Å². The van der Waals surface area contributed by atoms with Crippen LogP contribution in [0.1, 0.15) is 34.1 Å². The van der Waals surface area contributed by atoms with Gasteiger partial charge in [-0.15, -0.1) is 0 Å². The summed E-state index contributed by atoms with van der Waals surface area (Å²) in [4.78, 5) is 24.6. The van der Waals surface area contributed by atoms with Crippen LogP contribution in [0.4, 0.5) is 4.79 Å². The Kier molecular flexibility index (Phi) is 4.21. The van der Waals surface area contributed by atoms with E-state index in [1.165, 1.54) is 4.90 Å². The summed E-state index contributed by atoms with van der Waals surface area (Å²) >= 11 is 0. The van der Waals surface area contributed by atoms with Crippen molar-refractivity contribution in [3.8, 4) is 0 Å². The summed E-state index contributed by atoms with van der Waals surface area (Å²) in [6, 6.07) is -0.878.